The minimum absolute atomic E-state index is 0.184. The largest absolute Gasteiger partial charge is 0.466 e. The van der Waals surface area contributed by atoms with Crippen LogP contribution < -0.4 is 5.32 Å². The molecule has 9 heteroatoms. The van der Waals surface area contributed by atoms with Crippen molar-refractivity contribution < 1.29 is 28.7 Å². The van der Waals surface area contributed by atoms with Gasteiger partial charge >= 0.3 is 18.0 Å². The van der Waals surface area contributed by atoms with Gasteiger partial charge in [-0.1, -0.05) is 18.2 Å². The molecule has 0 saturated carbocycles. The third kappa shape index (κ3) is 6.69. The number of ether oxygens (including phenoxy) is 2. The molecule has 2 aliphatic heterocycles. The van der Waals surface area contributed by atoms with Crippen molar-refractivity contribution in [1.82, 2.24) is 9.80 Å². The molecule has 0 aromatic heterocycles. The minimum atomic E-state index is -0.879. The Hall–Kier alpha value is -3.10. The number of nitrogens with one attached hydrogen (secondary N) is 1. The van der Waals surface area contributed by atoms with Crippen LogP contribution in [0.2, 0.25) is 0 Å². The number of likely N-dealkylation sites (tertiary alicyclic amines) is 2. The number of carbonyl (C=O) groups excluding carboxylic acids is 4. The van der Waals surface area contributed by atoms with Crippen molar-refractivity contribution in [2.24, 2.45) is 11.8 Å². The predicted molar refractivity (Wildman–Crippen MR) is 121 cm³/mol. The van der Waals surface area contributed by atoms with Crippen LogP contribution in [-0.2, 0) is 23.9 Å². The van der Waals surface area contributed by atoms with Gasteiger partial charge in [0.15, 0.2) is 6.10 Å². The van der Waals surface area contributed by atoms with Crippen molar-refractivity contribution in [1.29, 1.82) is 0 Å². The molecule has 33 heavy (non-hydrogen) atoms. The molecule has 0 bridgehead atoms. The van der Waals surface area contributed by atoms with Crippen molar-refractivity contribution >= 4 is 29.6 Å². The van der Waals surface area contributed by atoms with Crippen molar-refractivity contribution in [3.63, 3.8) is 0 Å². The van der Waals surface area contributed by atoms with Crippen molar-refractivity contribution in [2.45, 2.75) is 45.6 Å². The van der Waals surface area contributed by atoms with Crippen molar-refractivity contribution in [3.8, 4) is 0 Å². The third-order valence-corrected chi connectivity index (χ3v) is 6.21. The number of carbonyl (C=O) groups is 4. The Balaban J connectivity index is 1.40. The summed E-state index contributed by atoms with van der Waals surface area (Å²) < 4.78 is 10.5. The Morgan fingerprint density at radius 1 is 0.909 bits per heavy atom. The fraction of sp³-hybridized carbons (Fsp3) is 0.583. The quantitative estimate of drug-likeness (QED) is 0.656. The number of nitrogens with zero attached hydrogens (tertiary/aromatic N) is 2. The second kappa shape index (κ2) is 11.7. The fourth-order valence-corrected chi connectivity index (χ4v) is 4.22. The van der Waals surface area contributed by atoms with E-state index in [9.17, 15) is 19.2 Å². The smallest absolute Gasteiger partial charge is 0.321 e. The number of para-hydroxylation sites is 1. The molecule has 3 rings (SSSR count). The summed E-state index contributed by atoms with van der Waals surface area (Å²) in [4.78, 5) is 52.9. The van der Waals surface area contributed by atoms with Crippen molar-refractivity contribution in [3.05, 3.63) is 30.3 Å². The predicted octanol–water partition coefficient (Wildman–Crippen LogP) is 2.66. The lowest BCUT2D eigenvalue weighted by Gasteiger charge is -2.33. The molecule has 2 fully saturated rings. The number of anilines is 1. The Morgan fingerprint density at radius 2 is 1.45 bits per heavy atom. The number of amides is 3. The number of hydrogen-bond acceptors (Lipinski definition) is 6. The number of hydrogen-bond donors (Lipinski definition) is 1. The molecule has 1 unspecified atom stereocenters. The van der Waals surface area contributed by atoms with Gasteiger partial charge in [0, 0.05) is 31.9 Å². The summed E-state index contributed by atoms with van der Waals surface area (Å²) in [6, 6.07) is 9.03. The lowest BCUT2D eigenvalue weighted by Crippen LogP contribution is -2.47. The van der Waals surface area contributed by atoms with Gasteiger partial charge in [-0.3, -0.25) is 14.4 Å². The second-order valence-corrected chi connectivity index (χ2v) is 8.49. The normalized spacial score (nSPS) is 18.4. The van der Waals surface area contributed by atoms with E-state index in [0.717, 1.165) is 5.69 Å². The van der Waals surface area contributed by atoms with Gasteiger partial charge in [0.1, 0.15) is 0 Å². The average Bonchev–Trinajstić information content (AvgIpc) is 2.84. The van der Waals surface area contributed by atoms with Crippen LogP contribution in [0.15, 0.2) is 30.3 Å². The molecule has 1 N–H and O–H groups in total. The van der Waals surface area contributed by atoms with Gasteiger partial charge < -0.3 is 24.6 Å². The van der Waals surface area contributed by atoms with Gasteiger partial charge in [-0.15, -0.1) is 0 Å². The monoisotopic (exact) mass is 459 g/mol. The molecule has 1 aromatic rings. The molecule has 2 aliphatic rings. The molecule has 3 amide bonds. The Bertz CT molecular complexity index is 830. The van der Waals surface area contributed by atoms with Gasteiger partial charge in [0.2, 0.25) is 0 Å². The van der Waals surface area contributed by atoms with Crippen LogP contribution in [0.4, 0.5) is 10.5 Å². The minimum Gasteiger partial charge on any atom is -0.466 e. The van der Waals surface area contributed by atoms with E-state index < -0.39 is 12.1 Å². The van der Waals surface area contributed by atoms with Crippen LogP contribution in [0.3, 0.4) is 0 Å². The van der Waals surface area contributed by atoms with E-state index in [2.05, 4.69) is 5.32 Å². The zero-order chi connectivity index (χ0) is 23.8. The Labute approximate surface area is 194 Å². The highest BCUT2D eigenvalue weighted by Crippen LogP contribution is 2.22. The average molecular weight is 460 g/mol. The molecule has 0 spiro atoms. The molecule has 2 saturated heterocycles. The fourth-order valence-electron chi connectivity index (χ4n) is 4.22. The molecular formula is C24H33N3O6. The summed E-state index contributed by atoms with van der Waals surface area (Å²) in [7, 11) is 0. The van der Waals surface area contributed by atoms with Crippen LogP contribution >= 0.6 is 0 Å². The van der Waals surface area contributed by atoms with E-state index in [1.807, 2.05) is 30.3 Å². The lowest BCUT2D eigenvalue weighted by molar-refractivity contribution is -0.164. The van der Waals surface area contributed by atoms with Crippen LogP contribution in [0.25, 0.3) is 0 Å². The summed E-state index contributed by atoms with van der Waals surface area (Å²) in [6.07, 6.45) is 1.21. The summed E-state index contributed by atoms with van der Waals surface area (Å²) >= 11 is 0. The van der Waals surface area contributed by atoms with Crippen LogP contribution in [0, 0.1) is 11.8 Å². The molecule has 1 aromatic carbocycles. The summed E-state index contributed by atoms with van der Waals surface area (Å²) in [6.45, 7) is 5.49. The van der Waals surface area contributed by atoms with Crippen LogP contribution in [-0.4, -0.2) is 72.6 Å². The molecule has 0 radical (unpaired) electrons. The Morgan fingerprint density at radius 3 is 2.03 bits per heavy atom. The zero-order valence-corrected chi connectivity index (χ0v) is 19.3. The highest BCUT2D eigenvalue weighted by Gasteiger charge is 2.34. The van der Waals surface area contributed by atoms with E-state index in [0.29, 0.717) is 58.5 Å². The number of benzene rings is 1. The molecular weight excluding hydrogens is 426 g/mol. The number of urea groups is 1. The third-order valence-electron chi connectivity index (χ3n) is 6.21. The molecule has 9 nitrogen and oxygen atoms in total. The highest BCUT2D eigenvalue weighted by atomic mass is 16.5. The Kier molecular flexibility index (Phi) is 8.68. The first kappa shape index (κ1) is 24.5. The first-order valence-electron chi connectivity index (χ1n) is 11.7. The summed E-state index contributed by atoms with van der Waals surface area (Å²) in [5.74, 6) is -1.38. The topological polar surface area (TPSA) is 105 Å². The van der Waals surface area contributed by atoms with E-state index >= 15 is 0 Å². The van der Waals surface area contributed by atoms with E-state index in [1.54, 1.807) is 23.6 Å². The first-order chi connectivity index (χ1) is 15.9. The number of piperidine rings is 2. The maximum atomic E-state index is 12.7. The molecule has 0 aliphatic carbocycles. The SMILES string of the molecule is CCOC(=O)C1CCN(C(=O)C(C)OC(=O)C2CCN(C(=O)Nc3ccccc3)CC2)CC1. The van der Waals surface area contributed by atoms with Crippen LogP contribution in [0.1, 0.15) is 39.5 Å². The van der Waals surface area contributed by atoms with Crippen molar-refractivity contribution in [2.75, 3.05) is 38.1 Å². The summed E-state index contributed by atoms with van der Waals surface area (Å²) in [5.41, 5.74) is 0.725. The first-order valence-corrected chi connectivity index (χ1v) is 11.7. The molecule has 2 heterocycles. The zero-order valence-electron chi connectivity index (χ0n) is 19.3. The second-order valence-electron chi connectivity index (χ2n) is 8.49. The van der Waals surface area contributed by atoms with Gasteiger partial charge in [-0.05, 0) is 51.7 Å². The number of esters is 2. The highest BCUT2D eigenvalue weighted by molar-refractivity contribution is 5.89. The van der Waals surface area contributed by atoms with E-state index in [1.165, 1.54) is 0 Å². The molecule has 1 atom stereocenters. The van der Waals surface area contributed by atoms with Crippen LogP contribution in [0.5, 0.6) is 0 Å². The van der Waals surface area contributed by atoms with Gasteiger partial charge in [-0.2, -0.15) is 0 Å². The van der Waals surface area contributed by atoms with Gasteiger partial charge in [0.25, 0.3) is 5.91 Å². The van der Waals surface area contributed by atoms with E-state index in [-0.39, 0.29) is 29.7 Å². The molecule has 180 valence electrons. The standard InChI is InChI=1S/C24H33N3O6/c1-3-32-22(29)18-9-13-26(14-10-18)21(28)17(2)33-23(30)19-11-15-27(16-12-19)24(31)25-20-7-5-4-6-8-20/h4-8,17-19H,3,9-16H2,1-2H3,(H,25,31). The van der Waals surface area contributed by atoms with E-state index in [4.69, 9.17) is 9.47 Å². The lowest BCUT2D eigenvalue weighted by atomic mass is 9.96. The van der Waals surface area contributed by atoms with Gasteiger partial charge in [0.05, 0.1) is 18.4 Å². The maximum Gasteiger partial charge on any atom is 0.321 e. The summed E-state index contributed by atoms with van der Waals surface area (Å²) in [5, 5.41) is 2.85. The number of rotatable bonds is 6. The maximum absolute atomic E-state index is 12.7. The van der Waals surface area contributed by atoms with Gasteiger partial charge in [-0.25, -0.2) is 4.79 Å².